The lowest BCUT2D eigenvalue weighted by atomic mass is 9.80. The zero-order chi connectivity index (χ0) is 30.9. The van der Waals surface area contributed by atoms with E-state index in [2.05, 4.69) is 10.1 Å². The van der Waals surface area contributed by atoms with Gasteiger partial charge in [-0.1, -0.05) is 101 Å². The Labute approximate surface area is 259 Å². The molecule has 3 heterocycles. The molecule has 0 saturated carbocycles. The quantitative estimate of drug-likeness (QED) is 0.164. The third-order valence-electron chi connectivity index (χ3n) is 8.42. The molecule has 7 rings (SSSR count). The highest BCUT2D eigenvalue weighted by molar-refractivity contribution is 6.34. The Morgan fingerprint density at radius 3 is 2.02 bits per heavy atom. The Balaban J connectivity index is 1.19. The van der Waals surface area contributed by atoms with Crippen LogP contribution >= 0.6 is 23.2 Å². The van der Waals surface area contributed by atoms with Gasteiger partial charge in [0.25, 0.3) is 5.60 Å². The van der Waals surface area contributed by atoms with Crippen molar-refractivity contribution in [2.45, 2.75) is 29.6 Å². The summed E-state index contributed by atoms with van der Waals surface area (Å²) >= 11 is 11.9. The van der Waals surface area contributed by atoms with Crippen LogP contribution in [-0.4, -0.2) is 42.0 Å². The highest BCUT2D eigenvalue weighted by atomic mass is 35.5. The van der Waals surface area contributed by atoms with E-state index in [0.29, 0.717) is 18.7 Å². The maximum absolute atomic E-state index is 16.0. The molecule has 0 radical (unpaired) electrons. The van der Waals surface area contributed by atoms with Crippen LogP contribution in [-0.2, 0) is 20.8 Å². The van der Waals surface area contributed by atoms with Gasteiger partial charge in [-0.2, -0.15) is 13.2 Å². The molecule has 0 aliphatic carbocycles. The molecule has 1 fully saturated rings. The van der Waals surface area contributed by atoms with E-state index in [-0.39, 0.29) is 27.2 Å². The first-order valence-corrected chi connectivity index (χ1v) is 14.4. The summed E-state index contributed by atoms with van der Waals surface area (Å²) in [6.07, 6.45) is -8.01. The number of alkyl halides is 4. The van der Waals surface area contributed by atoms with E-state index >= 15 is 4.39 Å². The molecule has 3 aliphatic heterocycles. The first-order valence-electron chi connectivity index (χ1n) is 13.7. The minimum absolute atomic E-state index is 0.0351. The number of benzene rings is 4. The van der Waals surface area contributed by atoms with E-state index in [1.54, 1.807) is 6.07 Å². The lowest BCUT2D eigenvalue weighted by Crippen LogP contribution is -2.60. The fraction of sp³-hybridized carbons (Fsp3) is 0.212. The van der Waals surface area contributed by atoms with E-state index in [1.807, 2.05) is 60.7 Å². The molecular weight excluding hydrogens is 619 g/mol. The van der Waals surface area contributed by atoms with Gasteiger partial charge >= 0.3 is 12.1 Å². The summed E-state index contributed by atoms with van der Waals surface area (Å²) in [6, 6.07) is 27.3. The van der Waals surface area contributed by atoms with E-state index in [0.717, 1.165) is 23.3 Å². The Kier molecular flexibility index (Phi) is 6.77. The predicted molar refractivity (Wildman–Crippen MR) is 157 cm³/mol. The van der Waals surface area contributed by atoms with E-state index in [9.17, 15) is 18.0 Å². The molecule has 3 aliphatic rings. The normalized spacial score (nSPS) is 22.4. The van der Waals surface area contributed by atoms with Gasteiger partial charge in [-0.15, -0.1) is 0 Å². The molecule has 1 saturated heterocycles. The lowest BCUT2D eigenvalue weighted by molar-refractivity contribution is -0.289. The van der Waals surface area contributed by atoms with Crippen molar-refractivity contribution in [2.75, 3.05) is 13.1 Å². The van der Waals surface area contributed by atoms with Crippen molar-refractivity contribution in [3.63, 3.8) is 0 Å². The van der Waals surface area contributed by atoms with Crippen LogP contribution < -0.4 is 0 Å². The van der Waals surface area contributed by atoms with Crippen molar-refractivity contribution in [3.8, 4) is 0 Å². The summed E-state index contributed by atoms with van der Waals surface area (Å²) in [4.78, 5) is 20.2. The number of esters is 1. The number of oxime groups is 1. The molecule has 2 unspecified atom stereocenters. The smallest absolute Gasteiger partial charge is 0.438 e. The second-order valence-electron chi connectivity index (χ2n) is 11.1. The van der Waals surface area contributed by atoms with Crippen LogP contribution in [0.15, 0.2) is 102 Å². The average Bonchev–Trinajstić information content (AvgIpc) is 3.48. The molecule has 4 aromatic rings. The number of hydrogen-bond acceptors (Lipinski definition) is 5. The standard InChI is InChI=1S/C33H22Cl2F4N2O3/c34-23-14-22(15-24(35)16-23)32(33(37,38)39)29(36)27(40-44-32)21-11-12-26-25(13-21)30(42)43-31(26)17-41(18-31)28(19-7-3-1-4-8-19)20-9-5-2-6-10-20/h1-16,28-29H,17-18H2. The van der Waals surface area contributed by atoms with Crippen molar-refractivity contribution in [1.82, 2.24) is 4.90 Å². The fourth-order valence-corrected chi connectivity index (χ4v) is 6.93. The van der Waals surface area contributed by atoms with Crippen LogP contribution in [0.4, 0.5) is 17.6 Å². The van der Waals surface area contributed by atoms with Crippen molar-refractivity contribution >= 4 is 34.9 Å². The van der Waals surface area contributed by atoms with Crippen LogP contribution in [0.2, 0.25) is 10.0 Å². The predicted octanol–water partition coefficient (Wildman–Crippen LogP) is 7.99. The summed E-state index contributed by atoms with van der Waals surface area (Å²) < 4.78 is 65.3. The van der Waals surface area contributed by atoms with E-state index in [1.165, 1.54) is 18.2 Å². The summed E-state index contributed by atoms with van der Waals surface area (Å²) in [5.74, 6) is -0.642. The van der Waals surface area contributed by atoms with Gasteiger partial charge in [-0.05, 0) is 35.4 Å². The van der Waals surface area contributed by atoms with Crippen LogP contribution in [0.3, 0.4) is 0 Å². The number of hydrogen-bond donors (Lipinski definition) is 0. The van der Waals surface area contributed by atoms with Gasteiger partial charge in [0.05, 0.1) is 11.6 Å². The SMILES string of the molecule is O=C1OC2(CN(C(c3ccccc3)c3ccccc3)C2)c2ccc(C3=NOC(c4cc(Cl)cc(Cl)c4)(C(F)(F)F)C3F)cc21. The summed E-state index contributed by atoms with van der Waals surface area (Å²) in [6.45, 7) is 0.782. The molecule has 44 heavy (non-hydrogen) atoms. The van der Waals surface area contributed by atoms with Gasteiger partial charge in [-0.25, -0.2) is 9.18 Å². The molecule has 2 atom stereocenters. The molecule has 0 N–H and O–H groups in total. The molecule has 0 amide bonds. The number of ether oxygens (including phenoxy) is 1. The molecule has 5 nitrogen and oxygen atoms in total. The number of likely N-dealkylation sites (tertiary alicyclic amines) is 1. The minimum Gasteiger partial charge on any atom is -0.448 e. The second kappa shape index (κ2) is 10.3. The van der Waals surface area contributed by atoms with Crippen LogP contribution in [0.25, 0.3) is 0 Å². The van der Waals surface area contributed by atoms with Crippen LogP contribution in [0, 0.1) is 0 Å². The van der Waals surface area contributed by atoms with Gasteiger partial charge < -0.3 is 9.57 Å². The van der Waals surface area contributed by atoms with Crippen LogP contribution in [0.1, 0.15) is 44.2 Å². The second-order valence-corrected chi connectivity index (χ2v) is 12.0. The van der Waals surface area contributed by atoms with Crippen molar-refractivity contribution in [2.24, 2.45) is 5.16 Å². The summed E-state index contributed by atoms with van der Waals surface area (Å²) in [5.41, 5.74) is -2.81. The van der Waals surface area contributed by atoms with Crippen molar-refractivity contribution in [3.05, 3.63) is 140 Å². The monoisotopic (exact) mass is 640 g/mol. The molecule has 1 spiro atoms. The number of carbonyl (C=O) groups is 1. The van der Waals surface area contributed by atoms with E-state index in [4.69, 9.17) is 32.8 Å². The van der Waals surface area contributed by atoms with Crippen LogP contribution in [0.5, 0.6) is 0 Å². The Hall–Kier alpha value is -3.92. The summed E-state index contributed by atoms with van der Waals surface area (Å²) in [7, 11) is 0. The van der Waals surface area contributed by atoms with Gasteiger partial charge in [0.15, 0.2) is 5.60 Å². The van der Waals surface area contributed by atoms with E-state index < -0.39 is 40.8 Å². The zero-order valence-electron chi connectivity index (χ0n) is 22.7. The zero-order valence-corrected chi connectivity index (χ0v) is 24.2. The van der Waals surface area contributed by atoms with Crippen molar-refractivity contribution in [1.29, 1.82) is 0 Å². The first kappa shape index (κ1) is 28.8. The molecule has 224 valence electrons. The molecule has 0 bridgehead atoms. The van der Waals surface area contributed by atoms with Crippen molar-refractivity contribution < 1.29 is 31.9 Å². The van der Waals surface area contributed by atoms with Gasteiger partial charge in [0.1, 0.15) is 5.71 Å². The third-order valence-corrected chi connectivity index (χ3v) is 8.86. The third kappa shape index (κ3) is 4.40. The van der Waals surface area contributed by atoms with Gasteiger partial charge in [0.2, 0.25) is 6.17 Å². The maximum atomic E-state index is 16.0. The Morgan fingerprint density at radius 2 is 1.45 bits per heavy atom. The molecule has 4 aromatic carbocycles. The topological polar surface area (TPSA) is 51.1 Å². The average molecular weight is 641 g/mol. The number of fused-ring (bicyclic) bond motifs is 2. The Morgan fingerprint density at radius 1 is 0.864 bits per heavy atom. The highest BCUT2D eigenvalue weighted by Gasteiger charge is 2.69. The first-order chi connectivity index (χ1) is 21.0. The maximum Gasteiger partial charge on any atom is 0.438 e. The molecule has 0 aromatic heterocycles. The minimum atomic E-state index is -5.23. The number of rotatable bonds is 5. The molecular formula is C33H22Cl2F4N2O3. The fourth-order valence-electron chi connectivity index (χ4n) is 6.40. The Bertz CT molecular complexity index is 1740. The number of carbonyl (C=O) groups excluding carboxylic acids is 1. The number of nitrogens with zero attached hydrogens (tertiary/aromatic N) is 2. The van der Waals surface area contributed by atoms with Gasteiger partial charge in [-0.3, -0.25) is 4.90 Å². The summed E-state index contributed by atoms with van der Waals surface area (Å²) in [5, 5.41) is 3.30. The largest absolute Gasteiger partial charge is 0.448 e. The lowest BCUT2D eigenvalue weighted by Gasteiger charge is -2.50. The highest BCUT2D eigenvalue weighted by Crippen LogP contribution is 2.52. The molecule has 11 heteroatoms. The van der Waals surface area contributed by atoms with Gasteiger partial charge in [0, 0.05) is 39.8 Å². The number of halogens is 6.